The number of para-hydroxylation sites is 1. The topological polar surface area (TPSA) is 85.3 Å². The van der Waals surface area contributed by atoms with Crippen molar-refractivity contribution < 1.29 is 35.9 Å². The van der Waals surface area contributed by atoms with Gasteiger partial charge in [0.1, 0.15) is 17.7 Å². The SMILES string of the molecule is C[C@H](C(F)(F)F)S(=O)(=O)/N=C1CCCN2C(=O)COc3ccccc3C3CCC(CC3)O\C=C\12. The van der Waals surface area contributed by atoms with Crippen LogP contribution in [0.1, 0.15) is 56.9 Å². The Balaban J connectivity index is 1.70. The smallest absolute Gasteiger partial charge is 0.407 e. The first-order valence-corrected chi connectivity index (χ1v) is 12.8. The fourth-order valence-corrected chi connectivity index (χ4v) is 5.52. The lowest BCUT2D eigenvalue weighted by Gasteiger charge is -2.31. The number of hydrogen-bond acceptors (Lipinski definition) is 5. The minimum Gasteiger partial charge on any atom is -0.496 e. The molecule has 0 aromatic heterocycles. The first-order valence-electron chi connectivity index (χ1n) is 11.3. The van der Waals surface area contributed by atoms with E-state index in [0.717, 1.165) is 31.2 Å². The highest BCUT2D eigenvalue weighted by Gasteiger charge is 2.46. The quantitative estimate of drug-likeness (QED) is 0.604. The minimum atomic E-state index is -4.96. The molecule has 0 unspecified atom stereocenters. The van der Waals surface area contributed by atoms with Crippen LogP contribution in [0.25, 0.3) is 0 Å². The number of carbonyl (C=O) groups excluding carboxylic acids is 1. The second kappa shape index (κ2) is 9.59. The molecule has 7 nitrogen and oxygen atoms in total. The monoisotopic (exact) mass is 500 g/mol. The summed E-state index contributed by atoms with van der Waals surface area (Å²) in [4.78, 5) is 14.4. The highest BCUT2D eigenvalue weighted by Crippen LogP contribution is 2.39. The first kappa shape index (κ1) is 24.6. The lowest BCUT2D eigenvalue weighted by atomic mass is 9.82. The van der Waals surface area contributed by atoms with Crippen molar-refractivity contribution in [2.75, 3.05) is 13.2 Å². The van der Waals surface area contributed by atoms with Crippen molar-refractivity contribution >= 4 is 21.6 Å². The molecule has 3 heterocycles. The molecule has 1 saturated heterocycles. The lowest BCUT2D eigenvalue weighted by Crippen LogP contribution is -2.42. The van der Waals surface area contributed by atoms with Gasteiger partial charge in [-0.05, 0) is 63.0 Å². The highest BCUT2D eigenvalue weighted by molar-refractivity contribution is 7.91. The second-order valence-corrected chi connectivity index (χ2v) is 10.7. The van der Waals surface area contributed by atoms with Crippen LogP contribution in [0.5, 0.6) is 5.75 Å². The average Bonchev–Trinajstić information content (AvgIpc) is 2.82. The number of ether oxygens (including phenoxy) is 2. The maximum absolute atomic E-state index is 13.1. The molecule has 1 saturated carbocycles. The number of halogens is 3. The zero-order valence-corrected chi connectivity index (χ0v) is 19.6. The van der Waals surface area contributed by atoms with Crippen LogP contribution >= 0.6 is 0 Å². The van der Waals surface area contributed by atoms with Crippen LogP contribution < -0.4 is 4.74 Å². The fourth-order valence-electron chi connectivity index (χ4n) is 4.53. The van der Waals surface area contributed by atoms with Crippen LogP contribution in [0.2, 0.25) is 0 Å². The number of amides is 1. The highest BCUT2D eigenvalue weighted by atomic mass is 32.2. The number of benzene rings is 1. The van der Waals surface area contributed by atoms with E-state index in [1.807, 2.05) is 24.3 Å². The van der Waals surface area contributed by atoms with E-state index in [-0.39, 0.29) is 43.0 Å². The number of alkyl halides is 3. The van der Waals surface area contributed by atoms with Crippen LogP contribution in [-0.4, -0.2) is 55.6 Å². The van der Waals surface area contributed by atoms with Gasteiger partial charge in [-0.15, -0.1) is 0 Å². The Morgan fingerprint density at radius 3 is 2.56 bits per heavy atom. The maximum atomic E-state index is 13.1. The number of carbonyl (C=O) groups is 1. The standard InChI is InChI=1S/C23H27F3N2O5S/c1-15(23(24,25)26)34(30,31)27-19-6-4-12-28-20(19)13-32-17-10-8-16(9-11-17)18-5-2-3-7-21(18)33-14-22(28)29/h2-3,5,7,13,15-17H,4,6,8-12,14H2,1H3/b20-13-,27-19+/t15-,16?,17?/m1/s1. The number of fused-ring (bicyclic) bond motifs is 5. The van der Waals surface area contributed by atoms with E-state index < -0.39 is 27.4 Å². The normalized spacial score (nSPS) is 27.6. The first-order chi connectivity index (χ1) is 16.1. The Morgan fingerprint density at radius 2 is 1.85 bits per heavy atom. The molecular formula is C23H27F3N2O5S. The molecule has 0 N–H and O–H groups in total. The van der Waals surface area contributed by atoms with Crippen LogP contribution in [0.4, 0.5) is 13.2 Å². The molecule has 1 amide bonds. The van der Waals surface area contributed by atoms with Crippen molar-refractivity contribution in [3.63, 3.8) is 0 Å². The number of allylic oxidation sites excluding steroid dienone is 1. The van der Waals surface area contributed by atoms with Crippen molar-refractivity contribution in [3.8, 4) is 5.75 Å². The van der Waals surface area contributed by atoms with Gasteiger partial charge in [0.25, 0.3) is 15.9 Å². The van der Waals surface area contributed by atoms with Crippen LogP contribution in [-0.2, 0) is 19.6 Å². The summed E-state index contributed by atoms with van der Waals surface area (Å²) >= 11 is 0. The second-order valence-electron chi connectivity index (χ2n) is 8.83. The number of nitrogens with zero attached hydrogens (tertiary/aromatic N) is 2. The fraction of sp³-hybridized carbons (Fsp3) is 0.565. The van der Waals surface area contributed by atoms with E-state index in [1.165, 1.54) is 11.2 Å². The van der Waals surface area contributed by atoms with Crippen molar-refractivity contribution in [1.29, 1.82) is 0 Å². The Kier molecular flexibility index (Phi) is 6.93. The maximum Gasteiger partial charge on any atom is 0.407 e. The summed E-state index contributed by atoms with van der Waals surface area (Å²) in [6.07, 6.45) is -0.168. The van der Waals surface area contributed by atoms with Gasteiger partial charge in [-0.3, -0.25) is 4.79 Å². The molecule has 3 aliphatic heterocycles. The number of rotatable bonds is 2. The van der Waals surface area contributed by atoms with E-state index >= 15 is 0 Å². The molecule has 1 aromatic rings. The molecular weight excluding hydrogens is 473 g/mol. The van der Waals surface area contributed by atoms with E-state index in [2.05, 4.69) is 4.40 Å². The van der Waals surface area contributed by atoms with Crippen molar-refractivity contribution in [3.05, 3.63) is 41.8 Å². The predicted molar refractivity (Wildman–Crippen MR) is 119 cm³/mol. The zero-order valence-electron chi connectivity index (χ0n) is 18.8. The summed E-state index contributed by atoms with van der Waals surface area (Å²) in [7, 11) is -4.90. The summed E-state index contributed by atoms with van der Waals surface area (Å²) in [5, 5.41) is -2.66. The van der Waals surface area contributed by atoms with Gasteiger partial charge in [-0.1, -0.05) is 18.2 Å². The Labute approximate surface area is 196 Å². The summed E-state index contributed by atoms with van der Waals surface area (Å²) in [6, 6.07) is 7.57. The molecule has 34 heavy (non-hydrogen) atoms. The summed E-state index contributed by atoms with van der Waals surface area (Å²) in [6.45, 7) is 0.508. The van der Waals surface area contributed by atoms with E-state index in [1.54, 1.807) is 0 Å². The van der Waals surface area contributed by atoms with Crippen LogP contribution in [0, 0.1) is 0 Å². The van der Waals surface area contributed by atoms with Gasteiger partial charge in [-0.2, -0.15) is 17.6 Å². The van der Waals surface area contributed by atoms with Crippen molar-refractivity contribution in [1.82, 2.24) is 4.90 Å². The van der Waals surface area contributed by atoms with Gasteiger partial charge in [0.15, 0.2) is 11.9 Å². The molecule has 0 spiro atoms. The van der Waals surface area contributed by atoms with Crippen LogP contribution in [0.3, 0.4) is 0 Å². The third-order valence-corrected chi connectivity index (χ3v) is 8.22. The largest absolute Gasteiger partial charge is 0.496 e. The molecule has 0 radical (unpaired) electrons. The van der Waals surface area contributed by atoms with Gasteiger partial charge in [0.2, 0.25) is 0 Å². The van der Waals surface area contributed by atoms with Gasteiger partial charge < -0.3 is 14.4 Å². The molecule has 2 fully saturated rings. The Hall–Kier alpha value is -2.56. The van der Waals surface area contributed by atoms with Crippen LogP contribution in [0.15, 0.2) is 40.6 Å². The van der Waals surface area contributed by atoms with Gasteiger partial charge in [0.05, 0.1) is 11.8 Å². The predicted octanol–water partition coefficient (Wildman–Crippen LogP) is 4.31. The van der Waals surface area contributed by atoms with E-state index in [9.17, 15) is 26.4 Å². The zero-order chi connectivity index (χ0) is 24.5. The van der Waals surface area contributed by atoms with E-state index in [0.29, 0.717) is 19.1 Å². The molecule has 4 aliphatic rings. The van der Waals surface area contributed by atoms with Gasteiger partial charge in [0, 0.05) is 6.54 Å². The van der Waals surface area contributed by atoms with Gasteiger partial charge >= 0.3 is 6.18 Å². The Morgan fingerprint density at radius 1 is 1.15 bits per heavy atom. The van der Waals surface area contributed by atoms with Gasteiger partial charge in [-0.25, -0.2) is 8.42 Å². The lowest BCUT2D eigenvalue weighted by molar-refractivity contribution is -0.131. The third-order valence-electron chi connectivity index (χ3n) is 6.58. The van der Waals surface area contributed by atoms with E-state index in [4.69, 9.17) is 9.47 Å². The molecule has 2 bridgehead atoms. The molecule has 1 aromatic carbocycles. The van der Waals surface area contributed by atoms with Crippen molar-refractivity contribution in [2.24, 2.45) is 4.40 Å². The molecule has 1 aliphatic carbocycles. The Bertz CT molecular complexity index is 1090. The summed E-state index contributed by atoms with van der Waals surface area (Å²) in [5.41, 5.74) is 1.00. The molecule has 186 valence electrons. The molecule has 11 heteroatoms. The number of hydrogen-bond donors (Lipinski definition) is 0. The molecule has 1 atom stereocenters. The minimum absolute atomic E-state index is 0.0763. The molecule has 5 rings (SSSR count). The average molecular weight is 501 g/mol. The summed E-state index contributed by atoms with van der Waals surface area (Å²) < 4.78 is 79.3. The van der Waals surface area contributed by atoms with Crippen molar-refractivity contribution in [2.45, 2.75) is 68.9 Å². The number of sulfonamides is 1. The third kappa shape index (κ3) is 5.24. The summed E-state index contributed by atoms with van der Waals surface area (Å²) in [5.74, 6) is 0.440. The number of piperidine rings is 1.